The molecule has 120 valence electrons. The zero-order valence-electron chi connectivity index (χ0n) is 12.7. The van der Waals surface area contributed by atoms with E-state index in [0.29, 0.717) is 13.1 Å². The zero-order chi connectivity index (χ0) is 15.7. The van der Waals surface area contributed by atoms with Crippen LogP contribution in [0.5, 0.6) is 0 Å². The first-order valence-electron chi connectivity index (χ1n) is 7.38. The second-order valence-corrected chi connectivity index (χ2v) is 7.70. The van der Waals surface area contributed by atoms with E-state index in [0.717, 1.165) is 29.7 Å². The lowest BCUT2D eigenvalue weighted by atomic mass is 10.1. The fourth-order valence-corrected chi connectivity index (χ4v) is 3.86. The average Bonchev–Trinajstić information content (AvgIpc) is 2.91. The summed E-state index contributed by atoms with van der Waals surface area (Å²) < 4.78 is 27.0. The second kappa shape index (κ2) is 5.81. The maximum atomic E-state index is 11.9. The van der Waals surface area contributed by atoms with E-state index in [1.807, 2.05) is 7.05 Å². The van der Waals surface area contributed by atoms with E-state index in [1.165, 1.54) is 6.33 Å². The molecule has 0 amide bonds. The molecule has 0 aliphatic carbocycles. The van der Waals surface area contributed by atoms with Gasteiger partial charge in [-0.15, -0.1) is 0 Å². The van der Waals surface area contributed by atoms with Crippen molar-refractivity contribution < 1.29 is 8.42 Å². The Hall–Kier alpha value is -1.74. The third-order valence-electron chi connectivity index (χ3n) is 4.08. The summed E-state index contributed by atoms with van der Waals surface area (Å²) in [6.07, 6.45) is 4.80. The number of hydrogen-bond acceptors (Lipinski definition) is 6. The third-order valence-corrected chi connectivity index (χ3v) is 5.96. The molecule has 9 heteroatoms. The number of anilines is 1. The minimum atomic E-state index is -3.08. The molecule has 0 saturated carbocycles. The van der Waals surface area contributed by atoms with Crippen LogP contribution < -0.4 is 5.32 Å². The maximum absolute atomic E-state index is 11.9. The molecule has 0 bridgehead atoms. The van der Waals surface area contributed by atoms with Gasteiger partial charge in [-0.1, -0.05) is 0 Å². The summed E-state index contributed by atoms with van der Waals surface area (Å²) in [6, 6.07) is 0.210. The number of aromatic nitrogens is 4. The van der Waals surface area contributed by atoms with Gasteiger partial charge in [0.15, 0.2) is 5.65 Å². The number of nitrogens with zero attached hydrogens (tertiary/aromatic N) is 5. The number of sulfonamides is 1. The molecular formula is C13H20N6O2S. The van der Waals surface area contributed by atoms with Gasteiger partial charge in [0.25, 0.3) is 0 Å². The van der Waals surface area contributed by atoms with Crippen LogP contribution in [0.3, 0.4) is 0 Å². The number of hydrogen-bond donors (Lipinski definition) is 1. The molecule has 1 aliphatic rings. The Morgan fingerprint density at radius 1 is 1.32 bits per heavy atom. The van der Waals surface area contributed by atoms with Gasteiger partial charge < -0.3 is 5.32 Å². The van der Waals surface area contributed by atoms with Crippen LogP contribution in [0.1, 0.15) is 19.8 Å². The molecule has 0 atom stereocenters. The van der Waals surface area contributed by atoms with E-state index in [1.54, 1.807) is 22.1 Å². The molecule has 0 unspecified atom stereocenters. The van der Waals surface area contributed by atoms with Crippen LogP contribution in [0, 0.1) is 0 Å². The first-order chi connectivity index (χ1) is 10.5. The molecule has 0 spiro atoms. The number of rotatable bonds is 4. The fourth-order valence-electron chi connectivity index (χ4n) is 2.73. The standard InChI is InChI=1S/C13H20N6O2S/c1-3-22(20,21)19-6-4-10(5-7-19)17-12-11-8-16-18(2)13(11)15-9-14-12/h8-10H,3-7H2,1-2H3,(H,14,15,17). The minimum absolute atomic E-state index is 0.160. The lowest BCUT2D eigenvalue weighted by Crippen LogP contribution is -2.43. The first kappa shape index (κ1) is 15.2. The van der Waals surface area contributed by atoms with Gasteiger partial charge in [-0.2, -0.15) is 5.10 Å². The molecule has 0 radical (unpaired) electrons. The van der Waals surface area contributed by atoms with E-state index in [2.05, 4.69) is 20.4 Å². The van der Waals surface area contributed by atoms with Gasteiger partial charge >= 0.3 is 0 Å². The van der Waals surface area contributed by atoms with Crippen molar-refractivity contribution >= 4 is 26.9 Å². The van der Waals surface area contributed by atoms with Crippen molar-refractivity contribution in [3.8, 4) is 0 Å². The lowest BCUT2D eigenvalue weighted by molar-refractivity contribution is 0.330. The molecule has 8 nitrogen and oxygen atoms in total. The lowest BCUT2D eigenvalue weighted by Gasteiger charge is -2.31. The predicted octanol–water partition coefficient (Wildman–Crippen LogP) is 0.589. The van der Waals surface area contributed by atoms with Crippen LogP contribution in [0.25, 0.3) is 11.0 Å². The summed E-state index contributed by atoms with van der Waals surface area (Å²) in [5.41, 5.74) is 0.781. The Kier molecular flexibility index (Phi) is 4.00. The van der Waals surface area contributed by atoms with Crippen LogP contribution >= 0.6 is 0 Å². The second-order valence-electron chi connectivity index (χ2n) is 5.45. The van der Waals surface area contributed by atoms with Crippen LogP contribution in [0.2, 0.25) is 0 Å². The summed E-state index contributed by atoms with van der Waals surface area (Å²) in [5, 5.41) is 8.48. The largest absolute Gasteiger partial charge is 0.367 e. The third kappa shape index (κ3) is 2.78. The highest BCUT2D eigenvalue weighted by Gasteiger charge is 2.27. The summed E-state index contributed by atoms with van der Waals surface area (Å²) in [4.78, 5) is 8.50. The van der Waals surface area contributed by atoms with Crippen molar-refractivity contribution in [3.63, 3.8) is 0 Å². The minimum Gasteiger partial charge on any atom is -0.367 e. The SMILES string of the molecule is CCS(=O)(=O)N1CCC(Nc2ncnc3c2cnn3C)CC1. The molecule has 1 saturated heterocycles. The van der Waals surface area contributed by atoms with Crippen LogP contribution in [0.4, 0.5) is 5.82 Å². The summed E-state index contributed by atoms with van der Waals surface area (Å²) >= 11 is 0. The Balaban J connectivity index is 1.70. The number of aryl methyl sites for hydroxylation is 1. The quantitative estimate of drug-likeness (QED) is 0.885. The molecule has 2 aromatic heterocycles. The van der Waals surface area contributed by atoms with Gasteiger partial charge in [0, 0.05) is 26.2 Å². The van der Waals surface area contributed by atoms with Crippen molar-refractivity contribution in [2.45, 2.75) is 25.8 Å². The van der Waals surface area contributed by atoms with Crippen LogP contribution in [-0.2, 0) is 17.1 Å². The highest BCUT2D eigenvalue weighted by atomic mass is 32.2. The van der Waals surface area contributed by atoms with Gasteiger partial charge in [0.2, 0.25) is 10.0 Å². The molecule has 3 heterocycles. The smallest absolute Gasteiger partial charge is 0.213 e. The average molecular weight is 324 g/mol. The van der Waals surface area contributed by atoms with Gasteiger partial charge in [-0.05, 0) is 19.8 Å². The van der Waals surface area contributed by atoms with Gasteiger partial charge in [0.05, 0.1) is 17.3 Å². The Bertz CT molecular complexity index is 764. The Morgan fingerprint density at radius 2 is 2.05 bits per heavy atom. The Morgan fingerprint density at radius 3 is 2.73 bits per heavy atom. The molecule has 1 N–H and O–H groups in total. The van der Waals surface area contributed by atoms with Gasteiger partial charge in [-0.25, -0.2) is 22.7 Å². The molecule has 1 fully saturated rings. The monoisotopic (exact) mass is 324 g/mol. The van der Waals surface area contributed by atoms with E-state index in [4.69, 9.17) is 0 Å². The van der Waals surface area contributed by atoms with E-state index in [-0.39, 0.29) is 11.8 Å². The van der Waals surface area contributed by atoms with Gasteiger partial charge in [-0.3, -0.25) is 4.68 Å². The number of fused-ring (bicyclic) bond motifs is 1. The van der Waals surface area contributed by atoms with Crippen molar-refractivity contribution in [1.29, 1.82) is 0 Å². The van der Waals surface area contributed by atoms with E-state index < -0.39 is 10.0 Å². The van der Waals surface area contributed by atoms with Crippen molar-refractivity contribution in [2.24, 2.45) is 7.05 Å². The first-order valence-corrected chi connectivity index (χ1v) is 8.99. The van der Waals surface area contributed by atoms with E-state index in [9.17, 15) is 8.42 Å². The number of piperidine rings is 1. The zero-order valence-corrected chi connectivity index (χ0v) is 13.5. The Labute approximate surface area is 129 Å². The van der Waals surface area contributed by atoms with E-state index >= 15 is 0 Å². The van der Waals surface area contributed by atoms with Crippen molar-refractivity contribution in [2.75, 3.05) is 24.2 Å². The molecular weight excluding hydrogens is 304 g/mol. The highest BCUT2D eigenvalue weighted by molar-refractivity contribution is 7.89. The summed E-state index contributed by atoms with van der Waals surface area (Å²) in [5.74, 6) is 0.919. The van der Waals surface area contributed by atoms with Gasteiger partial charge in [0.1, 0.15) is 12.1 Å². The molecule has 2 aromatic rings. The van der Waals surface area contributed by atoms with Crippen molar-refractivity contribution in [3.05, 3.63) is 12.5 Å². The normalized spacial score (nSPS) is 17.9. The highest BCUT2D eigenvalue weighted by Crippen LogP contribution is 2.22. The topological polar surface area (TPSA) is 93.0 Å². The summed E-state index contributed by atoms with van der Waals surface area (Å²) in [7, 11) is -1.24. The molecule has 3 rings (SSSR count). The van der Waals surface area contributed by atoms with Crippen LogP contribution in [-0.4, -0.2) is 57.4 Å². The fraction of sp³-hybridized carbons (Fsp3) is 0.615. The summed E-state index contributed by atoms with van der Waals surface area (Å²) in [6.45, 7) is 2.78. The molecule has 0 aromatic carbocycles. The molecule has 1 aliphatic heterocycles. The predicted molar refractivity (Wildman–Crippen MR) is 84.0 cm³/mol. The molecule has 22 heavy (non-hydrogen) atoms. The van der Waals surface area contributed by atoms with Crippen LogP contribution in [0.15, 0.2) is 12.5 Å². The van der Waals surface area contributed by atoms with Crippen molar-refractivity contribution in [1.82, 2.24) is 24.1 Å². The number of nitrogens with one attached hydrogen (secondary N) is 1. The maximum Gasteiger partial charge on any atom is 0.213 e.